The lowest BCUT2D eigenvalue weighted by Crippen LogP contribution is -2.21. The molecule has 31 heavy (non-hydrogen) atoms. The first kappa shape index (κ1) is 20.1. The predicted molar refractivity (Wildman–Crippen MR) is 121 cm³/mol. The van der Waals surface area contributed by atoms with Crippen molar-refractivity contribution in [2.75, 3.05) is 0 Å². The van der Waals surface area contributed by atoms with Gasteiger partial charge in [-0.05, 0) is 43.7 Å². The molecule has 0 aliphatic carbocycles. The van der Waals surface area contributed by atoms with Crippen molar-refractivity contribution < 1.29 is 15.0 Å². The van der Waals surface area contributed by atoms with Crippen molar-refractivity contribution in [1.29, 1.82) is 0 Å². The van der Waals surface area contributed by atoms with Crippen molar-refractivity contribution in [1.82, 2.24) is 4.57 Å². The quantitative estimate of drug-likeness (QED) is 0.473. The average Bonchev–Trinajstić information content (AvgIpc) is 2.75. The number of benzene rings is 3. The normalized spacial score (nSPS) is 11.3. The molecule has 6 nitrogen and oxygen atoms in total. The molecule has 0 radical (unpaired) electrons. The van der Waals surface area contributed by atoms with Gasteiger partial charge in [0.05, 0.1) is 22.5 Å². The second-order valence-electron chi connectivity index (χ2n) is 7.29. The molecule has 0 saturated heterocycles. The SMILES string of the molecule is Cc1ccc(-n2c(O)c(C=Nc3ccccc3C(=O)O)c3ccccc3c2=O)c(C)c1. The van der Waals surface area contributed by atoms with E-state index in [0.29, 0.717) is 22.0 Å². The second-order valence-corrected chi connectivity index (χ2v) is 7.29. The molecule has 0 spiro atoms. The Balaban J connectivity index is 2.00. The highest BCUT2D eigenvalue weighted by Gasteiger charge is 2.18. The number of carbonyl (C=O) groups is 1. The van der Waals surface area contributed by atoms with Gasteiger partial charge in [-0.25, -0.2) is 9.36 Å². The van der Waals surface area contributed by atoms with Gasteiger partial charge < -0.3 is 10.2 Å². The zero-order valence-corrected chi connectivity index (χ0v) is 17.0. The van der Waals surface area contributed by atoms with E-state index in [9.17, 15) is 19.8 Å². The van der Waals surface area contributed by atoms with Gasteiger partial charge in [-0.2, -0.15) is 0 Å². The molecule has 2 N–H and O–H groups in total. The largest absolute Gasteiger partial charge is 0.494 e. The third-order valence-corrected chi connectivity index (χ3v) is 5.16. The first-order valence-corrected chi connectivity index (χ1v) is 9.69. The predicted octanol–water partition coefficient (Wildman–Crippen LogP) is 4.76. The highest BCUT2D eigenvalue weighted by molar-refractivity contribution is 6.03. The summed E-state index contributed by atoms with van der Waals surface area (Å²) in [6.07, 6.45) is 1.40. The monoisotopic (exact) mass is 412 g/mol. The first-order chi connectivity index (χ1) is 14.9. The van der Waals surface area contributed by atoms with Gasteiger partial charge in [0.1, 0.15) is 0 Å². The van der Waals surface area contributed by atoms with Crippen LogP contribution >= 0.6 is 0 Å². The number of aromatic carboxylic acids is 1. The Morgan fingerprint density at radius 3 is 2.35 bits per heavy atom. The summed E-state index contributed by atoms with van der Waals surface area (Å²) in [5, 5.41) is 21.5. The van der Waals surface area contributed by atoms with E-state index in [2.05, 4.69) is 4.99 Å². The Hall–Kier alpha value is -4.19. The van der Waals surface area contributed by atoms with Gasteiger partial charge in [-0.1, -0.05) is 48.0 Å². The number of aromatic hydroxyl groups is 1. The van der Waals surface area contributed by atoms with Gasteiger partial charge in [0.2, 0.25) is 5.88 Å². The van der Waals surface area contributed by atoms with E-state index in [0.717, 1.165) is 11.1 Å². The molecule has 154 valence electrons. The van der Waals surface area contributed by atoms with E-state index in [1.54, 1.807) is 48.5 Å². The van der Waals surface area contributed by atoms with Crippen molar-refractivity contribution in [3.8, 4) is 11.6 Å². The summed E-state index contributed by atoms with van der Waals surface area (Å²) in [6, 6.07) is 18.9. The first-order valence-electron chi connectivity index (χ1n) is 9.69. The molecule has 1 aromatic heterocycles. The number of rotatable bonds is 4. The Kier molecular flexibility index (Phi) is 5.13. The second kappa shape index (κ2) is 7.91. The molecule has 0 saturated carbocycles. The summed E-state index contributed by atoms with van der Waals surface area (Å²) in [5.74, 6) is -1.35. The summed E-state index contributed by atoms with van der Waals surface area (Å²) < 4.78 is 1.27. The lowest BCUT2D eigenvalue weighted by Gasteiger charge is -2.16. The van der Waals surface area contributed by atoms with E-state index < -0.39 is 5.97 Å². The fourth-order valence-electron chi connectivity index (χ4n) is 3.67. The van der Waals surface area contributed by atoms with Crippen LogP contribution in [-0.4, -0.2) is 27.0 Å². The van der Waals surface area contributed by atoms with E-state index in [1.807, 2.05) is 26.0 Å². The van der Waals surface area contributed by atoms with E-state index in [-0.39, 0.29) is 22.7 Å². The molecular formula is C25H20N2O4. The number of hydrogen-bond donors (Lipinski definition) is 2. The Bertz CT molecular complexity index is 1420. The van der Waals surface area contributed by atoms with Crippen LogP contribution in [0.25, 0.3) is 16.5 Å². The van der Waals surface area contributed by atoms with Crippen molar-refractivity contribution in [3.63, 3.8) is 0 Å². The Labute approximate surface area is 178 Å². The third kappa shape index (κ3) is 3.59. The minimum absolute atomic E-state index is 0.0465. The number of pyridine rings is 1. The fourth-order valence-corrected chi connectivity index (χ4v) is 3.67. The van der Waals surface area contributed by atoms with Crippen LogP contribution in [0.5, 0.6) is 5.88 Å². The number of hydrogen-bond acceptors (Lipinski definition) is 4. The Morgan fingerprint density at radius 2 is 1.65 bits per heavy atom. The number of nitrogens with zero attached hydrogens (tertiary/aromatic N) is 2. The zero-order chi connectivity index (χ0) is 22.1. The van der Waals surface area contributed by atoms with E-state index in [1.165, 1.54) is 16.8 Å². The van der Waals surface area contributed by atoms with Gasteiger partial charge in [-0.3, -0.25) is 9.79 Å². The molecule has 0 aliphatic rings. The molecular weight excluding hydrogens is 392 g/mol. The fraction of sp³-hybridized carbons (Fsp3) is 0.0800. The van der Waals surface area contributed by atoms with Crippen LogP contribution in [-0.2, 0) is 0 Å². The minimum atomic E-state index is -1.10. The topological polar surface area (TPSA) is 91.9 Å². The highest BCUT2D eigenvalue weighted by Crippen LogP contribution is 2.28. The lowest BCUT2D eigenvalue weighted by atomic mass is 10.1. The number of carboxylic acid groups (broad SMARTS) is 1. The maximum Gasteiger partial charge on any atom is 0.337 e. The van der Waals surface area contributed by atoms with E-state index in [4.69, 9.17) is 0 Å². The molecule has 0 unspecified atom stereocenters. The summed E-state index contributed by atoms with van der Waals surface area (Å²) in [6.45, 7) is 3.83. The lowest BCUT2D eigenvalue weighted by molar-refractivity contribution is 0.0698. The number of carboxylic acids is 1. The van der Waals surface area contributed by atoms with E-state index >= 15 is 0 Å². The number of aliphatic imine (C=N–C) groups is 1. The summed E-state index contributed by atoms with van der Waals surface area (Å²) in [7, 11) is 0. The molecule has 0 aliphatic heterocycles. The maximum absolute atomic E-state index is 13.2. The average molecular weight is 412 g/mol. The van der Waals surface area contributed by atoms with Crippen LogP contribution in [0.2, 0.25) is 0 Å². The van der Waals surface area contributed by atoms with Gasteiger partial charge in [0, 0.05) is 17.0 Å². The van der Waals surface area contributed by atoms with Crippen LogP contribution in [0, 0.1) is 13.8 Å². The number of fused-ring (bicyclic) bond motifs is 1. The molecule has 0 atom stereocenters. The molecule has 0 fully saturated rings. The molecule has 4 rings (SSSR count). The van der Waals surface area contributed by atoms with Gasteiger partial charge in [-0.15, -0.1) is 0 Å². The van der Waals surface area contributed by atoms with Gasteiger partial charge in [0.15, 0.2) is 0 Å². The molecule has 1 heterocycles. The molecule has 0 amide bonds. The van der Waals surface area contributed by atoms with Crippen LogP contribution < -0.4 is 5.56 Å². The number of para-hydroxylation sites is 1. The third-order valence-electron chi connectivity index (χ3n) is 5.16. The van der Waals surface area contributed by atoms with Crippen LogP contribution in [0.4, 0.5) is 5.69 Å². The zero-order valence-electron chi connectivity index (χ0n) is 17.0. The smallest absolute Gasteiger partial charge is 0.337 e. The van der Waals surface area contributed by atoms with Crippen molar-refractivity contribution in [2.45, 2.75) is 13.8 Å². The molecule has 3 aromatic carbocycles. The number of aromatic nitrogens is 1. The summed E-state index contributed by atoms with van der Waals surface area (Å²) in [5.41, 5.74) is 2.74. The molecule has 4 aromatic rings. The van der Waals surface area contributed by atoms with Crippen molar-refractivity contribution >= 4 is 28.6 Å². The van der Waals surface area contributed by atoms with Crippen LogP contribution in [0.15, 0.2) is 76.5 Å². The maximum atomic E-state index is 13.2. The molecule has 6 heteroatoms. The molecule has 0 bridgehead atoms. The number of aryl methyl sites for hydroxylation is 2. The minimum Gasteiger partial charge on any atom is -0.494 e. The summed E-state index contributed by atoms with van der Waals surface area (Å²) >= 11 is 0. The van der Waals surface area contributed by atoms with Crippen LogP contribution in [0.3, 0.4) is 0 Å². The summed E-state index contributed by atoms with van der Waals surface area (Å²) in [4.78, 5) is 29.1. The van der Waals surface area contributed by atoms with Crippen molar-refractivity contribution in [2.24, 2.45) is 4.99 Å². The highest BCUT2D eigenvalue weighted by atomic mass is 16.4. The van der Waals surface area contributed by atoms with Gasteiger partial charge in [0.25, 0.3) is 5.56 Å². The Morgan fingerprint density at radius 1 is 0.968 bits per heavy atom. The van der Waals surface area contributed by atoms with Crippen LogP contribution in [0.1, 0.15) is 27.0 Å². The standard InChI is InChI=1S/C25H20N2O4/c1-15-11-12-22(16(2)13-15)27-23(28)18-8-4-3-7-17(18)20(24(27)29)14-26-21-10-6-5-9-19(21)25(30)31/h3-14,29H,1-2H3,(H,30,31). The van der Waals surface area contributed by atoms with Crippen molar-refractivity contribution in [3.05, 3.63) is 99.3 Å². The van der Waals surface area contributed by atoms with Gasteiger partial charge >= 0.3 is 5.97 Å².